The fraction of sp³-hybridized carbons (Fsp3) is 0.333. The summed E-state index contributed by atoms with van der Waals surface area (Å²) in [5.74, 6) is -0.471. The minimum Gasteiger partial charge on any atom is -0.334 e. The van der Waals surface area contributed by atoms with Crippen LogP contribution >= 0.6 is 11.6 Å². The molecule has 0 bridgehead atoms. The van der Waals surface area contributed by atoms with Gasteiger partial charge in [-0.1, -0.05) is 41.9 Å². The summed E-state index contributed by atoms with van der Waals surface area (Å²) >= 11 is 5.62. The van der Waals surface area contributed by atoms with Crippen molar-refractivity contribution in [2.45, 2.75) is 39.2 Å². The van der Waals surface area contributed by atoms with Gasteiger partial charge in [-0.15, -0.1) is 0 Å². The van der Waals surface area contributed by atoms with Gasteiger partial charge in [-0.2, -0.15) is 13.2 Å². The van der Waals surface area contributed by atoms with E-state index < -0.39 is 34.8 Å². The Morgan fingerprint density at radius 3 is 2.38 bits per heavy atom. The Bertz CT molecular complexity index is 833. The maximum Gasteiger partial charge on any atom is 0.417 e. The maximum atomic E-state index is 12.9. The third-order valence-electron chi connectivity index (χ3n) is 3.81. The van der Waals surface area contributed by atoms with Crippen LogP contribution in [0.5, 0.6) is 0 Å². The number of alkyl halides is 3. The van der Waals surface area contributed by atoms with E-state index in [0.29, 0.717) is 23.4 Å². The van der Waals surface area contributed by atoms with Crippen LogP contribution in [-0.2, 0) is 24.1 Å². The van der Waals surface area contributed by atoms with Crippen LogP contribution in [-0.4, -0.2) is 21.4 Å². The summed E-state index contributed by atoms with van der Waals surface area (Å²) in [6.07, 6.45) is -4.04. The number of hydrogen-bond acceptors (Lipinski definition) is 2. The largest absolute Gasteiger partial charge is 0.417 e. The third kappa shape index (κ3) is 4.88. The standard InChI is InChI=1S/C18H18ClF3N2O2/c1-12(2)24(9-13-6-4-3-5-7-13)16(25)11-23-10-14(18(20,21)22)8-15(19)17(23)26/h3-8,10,12H,9,11H2,1-2H3. The van der Waals surface area contributed by atoms with Gasteiger partial charge in [0.15, 0.2) is 0 Å². The van der Waals surface area contributed by atoms with Crippen molar-refractivity contribution in [3.8, 4) is 0 Å². The lowest BCUT2D eigenvalue weighted by atomic mass is 10.2. The molecule has 1 heterocycles. The molecule has 0 atom stereocenters. The molecule has 140 valence electrons. The van der Waals surface area contributed by atoms with Crippen LogP contribution in [0.3, 0.4) is 0 Å². The van der Waals surface area contributed by atoms with Crippen molar-refractivity contribution in [3.05, 3.63) is 69.1 Å². The first-order chi connectivity index (χ1) is 12.1. The number of aromatic nitrogens is 1. The molecule has 0 aliphatic rings. The lowest BCUT2D eigenvalue weighted by molar-refractivity contribution is -0.139. The molecule has 0 spiro atoms. The molecule has 0 unspecified atom stereocenters. The number of carbonyl (C=O) groups is 1. The summed E-state index contributed by atoms with van der Waals surface area (Å²) in [7, 11) is 0. The Hall–Kier alpha value is -2.28. The molecule has 0 radical (unpaired) electrons. The highest BCUT2D eigenvalue weighted by molar-refractivity contribution is 6.30. The highest BCUT2D eigenvalue weighted by atomic mass is 35.5. The highest BCUT2D eigenvalue weighted by Crippen LogP contribution is 2.29. The number of halogens is 4. The third-order valence-corrected chi connectivity index (χ3v) is 4.09. The lowest BCUT2D eigenvalue weighted by Crippen LogP contribution is -2.40. The summed E-state index contributed by atoms with van der Waals surface area (Å²) in [5, 5.41) is -0.577. The molecule has 8 heteroatoms. The van der Waals surface area contributed by atoms with Gasteiger partial charge in [0.2, 0.25) is 5.91 Å². The fourth-order valence-electron chi connectivity index (χ4n) is 2.45. The second-order valence-electron chi connectivity index (χ2n) is 6.11. The average Bonchev–Trinajstić information content (AvgIpc) is 2.56. The molecule has 0 N–H and O–H groups in total. The van der Waals surface area contributed by atoms with Crippen molar-refractivity contribution in [2.75, 3.05) is 0 Å². The van der Waals surface area contributed by atoms with Crippen molar-refractivity contribution in [2.24, 2.45) is 0 Å². The molecule has 0 aliphatic heterocycles. The second kappa shape index (κ2) is 7.95. The molecule has 0 saturated heterocycles. The Kier molecular flexibility index (Phi) is 6.13. The van der Waals surface area contributed by atoms with Crippen LogP contribution in [0.25, 0.3) is 0 Å². The van der Waals surface area contributed by atoms with Crippen molar-refractivity contribution < 1.29 is 18.0 Å². The minimum atomic E-state index is -4.66. The summed E-state index contributed by atoms with van der Waals surface area (Å²) in [5.41, 5.74) is -1.03. The van der Waals surface area contributed by atoms with E-state index in [1.807, 2.05) is 30.3 Å². The highest BCUT2D eigenvalue weighted by Gasteiger charge is 2.32. The first kappa shape index (κ1) is 20.0. The molecule has 4 nitrogen and oxygen atoms in total. The zero-order valence-corrected chi connectivity index (χ0v) is 15.0. The Labute approximate surface area is 153 Å². The Balaban J connectivity index is 2.29. The van der Waals surface area contributed by atoms with Crippen LogP contribution in [0, 0.1) is 0 Å². The summed E-state index contributed by atoms with van der Waals surface area (Å²) in [6.45, 7) is 3.36. The van der Waals surface area contributed by atoms with Gasteiger partial charge in [0.1, 0.15) is 11.6 Å². The van der Waals surface area contributed by atoms with E-state index >= 15 is 0 Å². The number of carbonyl (C=O) groups excluding carboxylic acids is 1. The predicted octanol–water partition coefficient (Wildman–Crippen LogP) is 3.96. The Morgan fingerprint density at radius 1 is 1.23 bits per heavy atom. The summed E-state index contributed by atoms with van der Waals surface area (Å²) in [4.78, 5) is 26.1. The molecular weight excluding hydrogens is 369 g/mol. The number of benzene rings is 1. The van der Waals surface area contributed by atoms with Gasteiger partial charge in [-0.25, -0.2) is 0 Å². The van der Waals surface area contributed by atoms with Crippen LogP contribution in [0.1, 0.15) is 25.0 Å². The molecule has 1 amide bonds. The molecule has 2 rings (SSSR count). The molecule has 0 saturated carbocycles. The maximum absolute atomic E-state index is 12.9. The van der Waals surface area contributed by atoms with Gasteiger partial charge in [-0.3, -0.25) is 9.59 Å². The first-order valence-corrected chi connectivity index (χ1v) is 8.28. The molecule has 2 aromatic rings. The van der Waals surface area contributed by atoms with Crippen molar-refractivity contribution in [1.29, 1.82) is 0 Å². The molecule has 1 aromatic carbocycles. The van der Waals surface area contributed by atoms with Crippen molar-refractivity contribution in [1.82, 2.24) is 9.47 Å². The van der Waals surface area contributed by atoms with E-state index in [4.69, 9.17) is 11.6 Å². The zero-order valence-electron chi connectivity index (χ0n) is 14.3. The normalized spacial score (nSPS) is 11.7. The second-order valence-corrected chi connectivity index (χ2v) is 6.52. The smallest absolute Gasteiger partial charge is 0.334 e. The van der Waals surface area contributed by atoms with E-state index in [2.05, 4.69) is 0 Å². The fourth-order valence-corrected chi connectivity index (χ4v) is 2.67. The zero-order chi connectivity index (χ0) is 19.5. The van der Waals surface area contributed by atoms with E-state index in [-0.39, 0.29) is 6.04 Å². The minimum absolute atomic E-state index is 0.195. The van der Waals surface area contributed by atoms with Crippen molar-refractivity contribution >= 4 is 17.5 Å². The van der Waals surface area contributed by atoms with E-state index in [0.717, 1.165) is 5.56 Å². The number of amides is 1. The van der Waals surface area contributed by atoms with Gasteiger partial charge >= 0.3 is 6.18 Å². The number of rotatable bonds is 5. The molecule has 0 fully saturated rings. The number of pyridine rings is 1. The molecule has 26 heavy (non-hydrogen) atoms. The van der Waals surface area contributed by atoms with Gasteiger partial charge in [0, 0.05) is 18.8 Å². The Morgan fingerprint density at radius 2 is 1.85 bits per heavy atom. The van der Waals surface area contributed by atoms with Crippen LogP contribution in [0.4, 0.5) is 13.2 Å². The lowest BCUT2D eigenvalue weighted by Gasteiger charge is -2.27. The van der Waals surface area contributed by atoms with E-state index in [9.17, 15) is 22.8 Å². The van der Waals surface area contributed by atoms with Gasteiger partial charge in [0.25, 0.3) is 5.56 Å². The number of nitrogens with zero attached hydrogens (tertiary/aromatic N) is 2. The summed E-state index contributed by atoms with van der Waals surface area (Å²) < 4.78 is 39.5. The van der Waals surface area contributed by atoms with Gasteiger partial charge < -0.3 is 9.47 Å². The van der Waals surface area contributed by atoms with E-state index in [1.54, 1.807) is 13.8 Å². The van der Waals surface area contributed by atoms with Gasteiger partial charge in [-0.05, 0) is 25.5 Å². The van der Waals surface area contributed by atoms with Gasteiger partial charge in [0.05, 0.1) is 5.56 Å². The quantitative estimate of drug-likeness (QED) is 0.780. The monoisotopic (exact) mass is 386 g/mol. The SMILES string of the molecule is CC(C)N(Cc1ccccc1)C(=O)Cn1cc(C(F)(F)F)cc(Cl)c1=O. The van der Waals surface area contributed by atoms with Crippen LogP contribution in [0.15, 0.2) is 47.4 Å². The first-order valence-electron chi connectivity index (χ1n) is 7.90. The molecule has 1 aromatic heterocycles. The van der Waals surface area contributed by atoms with Crippen LogP contribution in [0.2, 0.25) is 5.02 Å². The van der Waals surface area contributed by atoms with E-state index in [1.165, 1.54) is 4.90 Å². The van der Waals surface area contributed by atoms with Crippen molar-refractivity contribution in [3.63, 3.8) is 0 Å². The molecular formula is C18H18ClF3N2O2. The van der Waals surface area contributed by atoms with Crippen LogP contribution < -0.4 is 5.56 Å². The summed E-state index contributed by atoms with van der Waals surface area (Å²) in [6, 6.07) is 9.56. The number of hydrogen-bond donors (Lipinski definition) is 0. The average molecular weight is 387 g/mol. The molecule has 0 aliphatic carbocycles. The topological polar surface area (TPSA) is 42.3 Å². The predicted molar refractivity (Wildman–Crippen MR) is 92.8 cm³/mol.